The van der Waals surface area contributed by atoms with Crippen molar-refractivity contribution >= 4 is 34.8 Å². The highest BCUT2D eigenvalue weighted by Crippen LogP contribution is 2.33. The number of nitrogens with two attached hydrogens (primary N) is 2. The lowest BCUT2D eigenvalue weighted by Gasteiger charge is -2.11. The summed E-state index contributed by atoms with van der Waals surface area (Å²) in [7, 11) is 0. The summed E-state index contributed by atoms with van der Waals surface area (Å²) in [5.41, 5.74) is 11.6. The predicted molar refractivity (Wildman–Crippen MR) is 75.9 cm³/mol. The lowest BCUT2D eigenvalue weighted by Crippen LogP contribution is -2.12. The first-order valence-corrected chi connectivity index (χ1v) is 6.05. The number of hydrogen-bond acceptors (Lipinski definition) is 3. The van der Waals surface area contributed by atoms with Crippen molar-refractivity contribution in [3.63, 3.8) is 0 Å². The second-order valence-corrected chi connectivity index (χ2v) is 4.64. The Morgan fingerprint density at radius 3 is 2.42 bits per heavy atom. The standard InChI is InChI=1S/C13H10Cl2N2O2/c14-7-1-4-11(10(15)5-7)19-12-6-8(16)2-3-9(12)13(17)18/h1-6H,16H2,(H2,17,18). The third kappa shape index (κ3) is 3.10. The number of ether oxygens (including phenoxy) is 1. The van der Waals surface area contributed by atoms with Gasteiger partial charge < -0.3 is 16.2 Å². The third-order valence-electron chi connectivity index (χ3n) is 2.38. The van der Waals surface area contributed by atoms with E-state index in [1.165, 1.54) is 18.2 Å². The Balaban J connectivity index is 2.42. The van der Waals surface area contributed by atoms with Crippen LogP contribution in [0.25, 0.3) is 0 Å². The number of halogens is 2. The van der Waals surface area contributed by atoms with E-state index in [4.69, 9.17) is 39.4 Å². The fourth-order valence-electron chi connectivity index (χ4n) is 1.50. The summed E-state index contributed by atoms with van der Waals surface area (Å²) in [6.07, 6.45) is 0. The third-order valence-corrected chi connectivity index (χ3v) is 2.92. The molecule has 0 bridgehead atoms. The number of anilines is 1. The molecule has 0 saturated heterocycles. The summed E-state index contributed by atoms with van der Waals surface area (Å²) in [6, 6.07) is 9.32. The monoisotopic (exact) mass is 296 g/mol. The molecule has 6 heteroatoms. The molecule has 2 aromatic carbocycles. The molecule has 98 valence electrons. The molecule has 0 atom stereocenters. The molecule has 0 aromatic heterocycles. The predicted octanol–water partition coefficient (Wildman–Crippen LogP) is 3.47. The molecule has 1 amide bonds. The zero-order chi connectivity index (χ0) is 14.0. The Kier molecular flexibility index (Phi) is 3.83. The van der Waals surface area contributed by atoms with Crippen molar-refractivity contribution in [2.24, 2.45) is 5.73 Å². The van der Waals surface area contributed by atoms with Crippen LogP contribution in [0.4, 0.5) is 5.69 Å². The first kappa shape index (κ1) is 13.5. The van der Waals surface area contributed by atoms with Gasteiger partial charge >= 0.3 is 0 Å². The minimum atomic E-state index is -0.611. The minimum absolute atomic E-state index is 0.222. The van der Waals surface area contributed by atoms with Gasteiger partial charge in [-0.1, -0.05) is 23.2 Å². The van der Waals surface area contributed by atoms with E-state index in [2.05, 4.69) is 0 Å². The lowest BCUT2D eigenvalue weighted by molar-refractivity contribution is 0.0998. The Labute approximate surface area is 119 Å². The van der Waals surface area contributed by atoms with E-state index in [0.29, 0.717) is 21.5 Å². The summed E-state index contributed by atoms with van der Waals surface area (Å²) in [4.78, 5) is 11.3. The van der Waals surface area contributed by atoms with Gasteiger partial charge in [-0.3, -0.25) is 4.79 Å². The maximum absolute atomic E-state index is 11.3. The number of carbonyl (C=O) groups excluding carboxylic acids is 1. The summed E-state index contributed by atoms with van der Waals surface area (Å²) in [5.74, 6) is -0.00373. The smallest absolute Gasteiger partial charge is 0.252 e. The second kappa shape index (κ2) is 5.38. The van der Waals surface area contributed by atoms with Gasteiger partial charge in [0.2, 0.25) is 0 Å². The van der Waals surface area contributed by atoms with Gasteiger partial charge in [-0.15, -0.1) is 0 Å². The maximum Gasteiger partial charge on any atom is 0.252 e. The second-order valence-electron chi connectivity index (χ2n) is 3.80. The summed E-state index contributed by atoms with van der Waals surface area (Å²) in [6.45, 7) is 0. The maximum atomic E-state index is 11.3. The highest BCUT2D eigenvalue weighted by molar-refractivity contribution is 6.35. The molecule has 0 heterocycles. The minimum Gasteiger partial charge on any atom is -0.455 e. The van der Waals surface area contributed by atoms with Gasteiger partial charge in [-0.2, -0.15) is 0 Å². The van der Waals surface area contributed by atoms with E-state index in [1.807, 2.05) is 0 Å². The molecule has 2 aromatic rings. The van der Waals surface area contributed by atoms with E-state index in [1.54, 1.807) is 18.2 Å². The summed E-state index contributed by atoms with van der Waals surface area (Å²) in [5, 5.41) is 0.811. The van der Waals surface area contributed by atoms with E-state index in [-0.39, 0.29) is 11.3 Å². The largest absolute Gasteiger partial charge is 0.455 e. The van der Waals surface area contributed by atoms with Gasteiger partial charge in [-0.25, -0.2) is 0 Å². The van der Waals surface area contributed by atoms with Crippen LogP contribution in [0.5, 0.6) is 11.5 Å². The fraction of sp³-hybridized carbons (Fsp3) is 0. The van der Waals surface area contributed by atoms with Crippen LogP contribution in [0.2, 0.25) is 10.0 Å². The van der Waals surface area contributed by atoms with Crippen molar-refractivity contribution in [2.45, 2.75) is 0 Å². The topological polar surface area (TPSA) is 78.3 Å². The summed E-state index contributed by atoms with van der Waals surface area (Å²) >= 11 is 11.8. The van der Waals surface area contributed by atoms with E-state index in [0.717, 1.165) is 0 Å². The van der Waals surface area contributed by atoms with Crippen LogP contribution in [-0.2, 0) is 0 Å². The molecule has 0 saturated carbocycles. The molecule has 19 heavy (non-hydrogen) atoms. The molecule has 0 unspecified atom stereocenters. The lowest BCUT2D eigenvalue weighted by atomic mass is 10.1. The van der Waals surface area contributed by atoms with Gasteiger partial charge in [0.05, 0.1) is 10.6 Å². The molecule has 0 aliphatic heterocycles. The Hall–Kier alpha value is -1.91. The van der Waals surface area contributed by atoms with Crippen molar-refractivity contribution in [1.82, 2.24) is 0 Å². The molecule has 0 aliphatic carbocycles. The van der Waals surface area contributed by atoms with Crippen LogP contribution in [0.15, 0.2) is 36.4 Å². The molecule has 0 aliphatic rings. The highest BCUT2D eigenvalue weighted by Gasteiger charge is 2.12. The Morgan fingerprint density at radius 1 is 1.05 bits per heavy atom. The van der Waals surface area contributed by atoms with E-state index < -0.39 is 5.91 Å². The SMILES string of the molecule is NC(=O)c1ccc(N)cc1Oc1ccc(Cl)cc1Cl. The van der Waals surface area contributed by atoms with Crippen molar-refractivity contribution in [3.8, 4) is 11.5 Å². The van der Waals surface area contributed by atoms with Crippen LogP contribution in [-0.4, -0.2) is 5.91 Å². The average molecular weight is 297 g/mol. The molecule has 4 N–H and O–H groups in total. The molecule has 0 spiro atoms. The van der Waals surface area contributed by atoms with E-state index in [9.17, 15) is 4.79 Å². The Bertz CT molecular complexity index is 645. The van der Waals surface area contributed by atoms with Crippen molar-refractivity contribution in [1.29, 1.82) is 0 Å². The van der Waals surface area contributed by atoms with Crippen molar-refractivity contribution < 1.29 is 9.53 Å². The first-order valence-electron chi connectivity index (χ1n) is 5.29. The number of rotatable bonds is 3. The van der Waals surface area contributed by atoms with Crippen molar-refractivity contribution in [3.05, 3.63) is 52.0 Å². The molecule has 4 nitrogen and oxygen atoms in total. The molecular weight excluding hydrogens is 287 g/mol. The van der Waals surface area contributed by atoms with Gasteiger partial charge in [-0.05, 0) is 30.3 Å². The van der Waals surface area contributed by atoms with Gasteiger partial charge in [0, 0.05) is 16.8 Å². The summed E-state index contributed by atoms with van der Waals surface area (Å²) < 4.78 is 5.57. The number of amides is 1. The number of primary amides is 1. The quantitative estimate of drug-likeness (QED) is 0.851. The Morgan fingerprint density at radius 2 is 1.79 bits per heavy atom. The van der Waals surface area contributed by atoms with Gasteiger partial charge in [0.25, 0.3) is 5.91 Å². The van der Waals surface area contributed by atoms with Crippen LogP contribution in [0.3, 0.4) is 0 Å². The average Bonchev–Trinajstić information content (AvgIpc) is 2.32. The van der Waals surface area contributed by atoms with Crippen LogP contribution in [0.1, 0.15) is 10.4 Å². The van der Waals surface area contributed by atoms with Crippen LogP contribution >= 0.6 is 23.2 Å². The van der Waals surface area contributed by atoms with E-state index >= 15 is 0 Å². The molecule has 0 fully saturated rings. The molecule has 0 radical (unpaired) electrons. The fourth-order valence-corrected chi connectivity index (χ4v) is 1.95. The normalized spacial score (nSPS) is 10.2. The number of carbonyl (C=O) groups is 1. The zero-order valence-corrected chi connectivity index (χ0v) is 11.2. The van der Waals surface area contributed by atoms with Crippen molar-refractivity contribution in [2.75, 3.05) is 5.73 Å². The zero-order valence-electron chi connectivity index (χ0n) is 9.69. The number of nitrogen functional groups attached to an aromatic ring is 1. The van der Waals surface area contributed by atoms with Crippen LogP contribution in [0, 0.1) is 0 Å². The van der Waals surface area contributed by atoms with Gasteiger partial charge in [0.15, 0.2) is 0 Å². The number of hydrogen-bond donors (Lipinski definition) is 2. The first-order chi connectivity index (χ1) is 8.97. The molecular formula is C13H10Cl2N2O2. The van der Waals surface area contributed by atoms with Gasteiger partial charge in [0.1, 0.15) is 11.5 Å². The van der Waals surface area contributed by atoms with Crippen LogP contribution < -0.4 is 16.2 Å². The highest BCUT2D eigenvalue weighted by atomic mass is 35.5. The molecule has 2 rings (SSSR count). The number of benzene rings is 2.